The second-order valence-corrected chi connectivity index (χ2v) is 6.39. The number of hydrogen-bond acceptors (Lipinski definition) is 5. The summed E-state index contributed by atoms with van der Waals surface area (Å²) < 4.78 is 5.90. The predicted octanol–water partition coefficient (Wildman–Crippen LogP) is 1.47. The van der Waals surface area contributed by atoms with Crippen molar-refractivity contribution < 1.29 is 0 Å². The Morgan fingerprint density at radius 2 is 2.24 bits per heavy atom. The third-order valence-electron chi connectivity index (χ3n) is 4.22. The maximum atomic E-state index is 11.6. The molecule has 1 N–H and O–H groups in total. The smallest absolute Gasteiger partial charge is 0.303 e. The van der Waals surface area contributed by atoms with Gasteiger partial charge in [-0.2, -0.15) is 5.10 Å². The van der Waals surface area contributed by atoms with Gasteiger partial charge in [-0.1, -0.05) is 0 Å². The second kappa shape index (κ2) is 6.53. The zero-order chi connectivity index (χ0) is 14.7. The highest BCUT2D eigenvalue weighted by molar-refractivity contribution is 7.05. The molecule has 7 heteroatoms. The minimum Gasteiger partial charge on any atom is -0.303 e. The Morgan fingerprint density at radius 3 is 2.90 bits per heavy atom. The van der Waals surface area contributed by atoms with Crippen molar-refractivity contribution in [3.8, 4) is 0 Å². The highest BCUT2D eigenvalue weighted by Crippen LogP contribution is 2.26. The first kappa shape index (κ1) is 14.5. The molecule has 1 fully saturated rings. The summed E-state index contributed by atoms with van der Waals surface area (Å²) >= 11 is 1.59. The van der Waals surface area contributed by atoms with Gasteiger partial charge in [-0.15, -0.1) is 0 Å². The Labute approximate surface area is 128 Å². The molecule has 2 aromatic rings. The summed E-state index contributed by atoms with van der Waals surface area (Å²) in [6.07, 6.45) is 5.10. The van der Waals surface area contributed by atoms with Gasteiger partial charge >= 0.3 is 5.69 Å². The number of likely N-dealkylation sites (tertiary alicyclic amines) is 1. The van der Waals surface area contributed by atoms with Crippen LogP contribution in [0.1, 0.15) is 36.4 Å². The summed E-state index contributed by atoms with van der Waals surface area (Å²) in [5.41, 5.74) is -0.0832. The lowest BCUT2D eigenvalue weighted by molar-refractivity contribution is 0.210. The zero-order valence-electron chi connectivity index (χ0n) is 12.3. The number of piperidine rings is 1. The number of hydrogen-bond donors (Lipinski definition) is 1. The lowest BCUT2D eigenvalue weighted by atomic mass is 9.95. The predicted molar refractivity (Wildman–Crippen MR) is 82.8 cm³/mol. The monoisotopic (exact) mass is 307 g/mol. The molecule has 3 rings (SSSR count). The Hall–Kier alpha value is -1.47. The van der Waals surface area contributed by atoms with Crippen LogP contribution < -0.4 is 5.69 Å². The molecule has 2 aromatic heterocycles. The van der Waals surface area contributed by atoms with E-state index in [1.165, 1.54) is 4.88 Å². The number of aromatic amines is 1. The average Bonchev–Trinajstić information content (AvgIpc) is 3.15. The van der Waals surface area contributed by atoms with Crippen LogP contribution in [0.5, 0.6) is 0 Å². The van der Waals surface area contributed by atoms with Crippen molar-refractivity contribution >= 4 is 11.5 Å². The van der Waals surface area contributed by atoms with Crippen LogP contribution >= 0.6 is 11.5 Å². The van der Waals surface area contributed by atoms with Crippen LogP contribution in [0.4, 0.5) is 0 Å². The Morgan fingerprint density at radius 1 is 1.43 bits per heavy atom. The van der Waals surface area contributed by atoms with Crippen molar-refractivity contribution in [2.24, 2.45) is 0 Å². The zero-order valence-corrected chi connectivity index (χ0v) is 13.1. The minimum absolute atomic E-state index is 0.0832. The Bertz CT molecular complexity index is 610. The number of rotatable bonds is 5. The van der Waals surface area contributed by atoms with Crippen LogP contribution in [0.25, 0.3) is 0 Å². The van der Waals surface area contributed by atoms with E-state index in [9.17, 15) is 4.79 Å². The molecule has 1 aliphatic heterocycles. The summed E-state index contributed by atoms with van der Waals surface area (Å²) in [6.45, 7) is 5.93. The van der Waals surface area contributed by atoms with E-state index in [4.69, 9.17) is 0 Å². The van der Waals surface area contributed by atoms with E-state index in [1.54, 1.807) is 16.1 Å². The Kier molecular flexibility index (Phi) is 4.50. The molecule has 0 radical (unpaired) electrons. The SMILES string of the molecule is CCn1c(C2CCN(CCc3ccns3)CC2)n[nH]c1=O. The Balaban J connectivity index is 1.54. The summed E-state index contributed by atoms with van der Waals surface area (Å²) in [5.74, 6) is 1.34. The molecule has 0 atom stereocenters. The number of nitrogens with zero attached hydrogens (tertiary/aromatic N) is 4. The van der Waals surface area contributed by atoms with Crippen molar-refractivity contribution in [3.63, 3.8) is 0 Å². The fourth-order valence-electron chi connectivity index (χ4n) is 3.00. The van der Waals surface area contributed by atoms with Crippen LogP contribution in [0.3, 0.4) is 0 Å². The number of aromatic nitrogens is 4. The summed E-state index contributed by atoms with van der Waals surface area (Å²) in [7, 11) is 0. The van der Waals surface area contributed by atoms with Gasteiger partial charge in [-0.3, -0.25) is 4.57 Å². The third kappa shape index (κ3) is 3.24. The average molecular weight is 307 g/mol. The van der Waals surface area contributed by atoms with Gasteiger partial charge in [0.15, 0.2) is 0 Å². The molecule has 114 valence electrons. The van der Waals surface area contributed by atoms with Crippen LogP contribution in [-0.2, 0) is 13.0 Å². The van der Waals surface area contributed by atoms with E-state index >= 15 is 0 Å². The minimum atomic E-state index is -0.0832. The lowest BCUT2D eigenvalue weighted by Crippen LogP contribution is -2.35. The molecule has 21 heavy (non-hydrogen) atoms. The van der Waals surface area contributed by atoms with E-state index in [-0.39, 0.29) is 5.69 Å². The van der Waals surface area contributed by atoms with E-state index in [0.29, 0.717) is 12.5 Å². The maximum Gasteiger partial charge on any atom is 0.343 e. The van der Waals surface area contributed by atoms with Gasteiger partial charge in [-0.05, 0) is 56.9 Å². The van der Waals surface area contributed by atoms with Gasteiger partial charge in [-0.25, -0.2) is 14.3 Å². The van der Waals surface area contributed by atoms with Gasteiger partial charge in [0.25, 0.3) is 0 Å². The van der Waals surface area contributed by atoms with Gasteiger partial charge in [0, 0.05) is 30.1 Å². The van der Waals surface area contributed by atoms with Crippen LogP contribution in [-0.4, -0.2) is 43.7 Å². The van der Waals surface area contributed by atoms with E-state index < -0.39 is 0 Å². The molecular formula is C14H21N5OS. The molecule has 3 heterocycles. The van der Waals surface area contributed by atoms with Gasteiger partial charge in [0.1, 0.15) is 5.82 Å². The largest absolute Gasteiger partial charge is 0.343 e. The highest BCUT2D eigenvalue weighted by atomic mass is 32.1. The molecule has 0 aliphatic carbocycles. The van der Waals surface area contributed by atoms with Crippen molar-refractivity contribution in [2.45, 2.75) is 38.6 Å². The quantitative estimate of drug-likeness (QED) is 0.908. The molecule has 1 saturated heterocycles. The molecule has 0 amide bonds. The van der Waals surface area contributed by atoms with E-state index in [2.05, 4.69) is 25.5 Å². The molecular weight excluding hydrogens is 286 g/mol. The summed E-state index contributed by atoms with van der Waals surface area (Å²) in [5, 5.41) is 6.80. The topological polar surface area (TPSA) is 66.8 Å². The molecule has 1 aliphatic rings. The maximum absolute atomic E-state index is 11.6. The lowest BCUT2D eigenvalue weighted by Gasteiger charge is -2.31. The van der Waals surface area contributed by atoms with Crippen molar-refractivity contribution in [3.05, 3.63) is 33.4 Å². The molecule has 0 aromatic carbocycles. The van der Waals surface area contributed by atoms with Crippen molar-refractivity contribution in [1.29, 1.82) is 0 Å². The number of nitrogens with one attached hydrogen (secondary N) is 1. The first-order valence-electron chi connectivity index (χ1n) is 7.55. The summed E-state index contributed by atoms with van der Waals surface area (Å²) in [6, 6.07) is 2.10. The van der Waals surface area contributed by atoms with E-state index in [1.807, 2.05) is 13.1 Å². The third-order valence-corrected chi connectivity index (χ3v) is 5.02. The van der Waals surface area contributed by atoms with Crippen molar-refractivity contribution in [1.82, 2.24) is 24.0 Å². The van der Waals surface area contributed by atoms with Crippen LogP contribution in [0.2, 0.25) is 0 Å². The standard InChI is InChI=1S/C14H21N5OS/c1-2-19-13(16-17-14(19)20)11-4-8-18(9-5-11)10-6-12-3-7-15-21-12/h3,7,11H,2,4-6,8-10H2,1H3,(H,17,20). The van der Waals surface area contributed by atoms with Crippen LogP contribution in [0.15, 0.2) is 17.1 Å². The first-order chi connectivity index (χ1) is 10.3. The summed E-state index contributed by atoms with van der Waals surface area (Å²) in [4.78, 5) is 15.5. The fourth-order valence-corrected chi connectivity index (χ4v) is 3.56. The molecule has 0 bridgehead atoms. The molecule has 0 spiro atoms. The fraction of sp³-hybridized carbons (Fsp3) is 0.643. The molecule has 6 nitrogen and oxygen atoms in total. The second-order valence-electron chi connectivity index (χ2n) is 5.48. The van der Waals surface area contributed by atoms with Gasteiger partial charge < -0.3 is 4.90 Å². The molecule has 0 unspecified atom stereocenters. The molecule has 0 saturated carbocycles. The first-order valence-corrected chi connectivity index (χ1v) is 8.32. The van der Waals surface area contributed by atoms with Crippen LogP contribution in [0, 0.1) is 0 Å². The van der Waals surface area contributed by atoms with Gasteiger partial charge in [0.05, 0.1) is 0 Å². The van der Waals surface area contributed by atoms with E-state index in [0.717, 1.165) is 44.7 Å². The van der Waals surface area contributed by atoms with Gasteiger partial charge in [0.2, 0.25) is 0 Å². The normalized spacial score (nSPS) is 17.4. The number of H-pyrrole nitrogens is 1. The highest BCUT2D eigenvalue weighted by Gasteiger charge is 2.24. The van der Waals surface area contributed by atoms with Crippen molar-refractivity contribution in [2.75, 3.05) is 19.6 Å².